The maximum atomic E-state index is 11.5. The lowest BCUT2D eigenvalue weighted by molar-refractivity contribution is 0.0982. The predicted octanol–water partition coefficient (Wildman–Crippen LogP) is 3.01. The summed E-state index contributed by atoms with van der Waals surface area (Å²) < 4.78 is 0.901. The SMILES string of the molecule is CCCC(=O)c1ccc(Br)cc1N. The maximum absolute atomic E-state index is 11.5. The minimum absolute atomic E-state index is 0.118. The molecule has 2 N–H and O–H groups in total. The molecule has 0 aliphatic heterocycles. The average Bonchev–Trinajstić information content (AvgIpc) is 2.04. The van der Waals surface area contributed by atoms with Crippen molar-refractivity contribution >= 4 is 27.4 Å². The van der Waals surface area contributed by atoms with Gasteiger partial charge in [0.2, 0.25) is 0 Å². The minimum atomic E-state index is 0.118. The smallest absolute Gasteiger partial charge is 0.164 e. The third-order valence-electron chi connectivity index (χ3n) is 1.79. The normalized spacial score (nSPS) is 10.0. The van der Waals surface area contributed by atoms with Gasteiger partial charge in [0.05, 0.1) is 0 Å². The molecule has 0 saturated carbocycles. The quantitative estimate of drug-likeness (QED) is 0.653. The highest BCUT2D eigenvalue weighted by atomic mass is 79.9. The molecule has 2 nitrogen and oxygen atoms in total. The molecule has 1 rings (SSSR count). The Kier molecular flexibility index (Phi) is 3.48. The van der Waals surface area contributed by atoms with Crippen LogP contribution in [0, 0.1) is 0 Å². The fraction of sp³-hybridized carbons (Fsp3) is 0.300. The monoisotopic (exact) mass is 241 g/mol. The molecule has 1 aromatic rings. The molecule has 0 aliphatic rings. The van der Waals surface area contributed by atoms with Crippen LogP contribution in [0.1, 0.15) is 30.1 Å². The third kappa shape index (κ3) is 2.56. The Morgan fingerprint density at radius 1 is 1.54 bits per heavy atom. The number of benzene rings is 1. The number of nitrogens with two attached hydrogens (primary N) is 1. The molecule has 13 heavy (non-hydrogen) atoms. The number of carbonyl (C=O) groups excluding carboxylic acids is 1. The molecule has 0 amide bonds. The Balaban J connectivity index is 2.95. The van der Waals surface area contributed by atoms with E-state index in [1.807, 2.05) is 13.0 Å². The van der Waals surface area contributed by atoms with E-state index in [1.165, 1.54) is 0 Å². The molecular weight excluding hydrogens is 230 g/mol. The summed E-state index contributed by atoms with van der Waals surface area (Å²) in [5, 5.41) is 0. The van der Waals surface area contributed by atoms with Crippen molar-refractivity contribution < 1.29 is 4.79 Å². The van der Waals surface area contributed by atoms with Crippen LogP contribution in [0.4, 0.5) is 5.69 Å². The van der Waals surface area contributed by atoms with E-state index in [9.17, 15) is 4.79 Å². The Labute approximate surface area is 86.3 Å². The Morgan fingerprint density at radius 3 is 2.77 bits per heavy atom. The second kappa shape index (κ2) is 4.42. The Morgan fingerprint density at radius 2 is 2.23 bits per heavy atom. The number of nitrogen functional groups attached to an aromatic ring is 1. The first-order valence-electron chi connectivity index (χ1n) is 4.23. The largest absolute Gasteiger partial charge is 0.398 e. The fourth-order valence-electron chi connectivity index (χ4n) is 1.15. The molecule has 3 heteroatoms. The van der Waals surface area contributed by atoms with Crippen molar-refractivity contribution in [3.8, 4) is 0 Å². The summed E-state index contributed by atoms with van der Waals surface area (Å²) in [5.74, 6) is 0.118. The van der Waals surface area contributed by atoms with Crippen molar-refractivity contribution in [2.75, 3.05) is 5.73 Å². The van der Waals surface area contributed by atoms with Crippen LogP contribution >= 0.6 is 15.9 Å². The van der Waals surface area contributed by atoms with Crippen LogP contribution in [-0.4, -0.2) is 5.78 Å². The Hall–Kier alpha value is -0.830. The first kappa shape index (κ1) is 10.3. The lowest BCUT2D eigenvalue weighted by atomic mass is 10.1. The summed E-state index contributed by atoms with van der Waals surface area (Å²) >= 11 is 3.29. The van der Waals surface area contributed by atoms with E-state index in [0.717, 1.165) is 10.9 Å². The number of rotatable bonds is 3. The molecule has 0 bridgehead atoms. The van der Waals surface area contributed by atoms with E-state index in [2.05, 4.69) is 15.9 Å². The van der Waals surface area contributed by atoms with Gasteiger partial charge in [0.15, 0.2) is 5.78 Å². The molecule has 0 saturated heterocycles. The van der Waals surface area contributed by atoms with Crippen molar-refractivity contribution in [2.24, 2.45) is 0 Å². The van der Waals surface area contributed by atoms with Gasteiger partial charge >= 0.3 is 0 Å². The third-order valence-corrected chi connectivity index (χ3v) is 2.28. The second-order valence-electron chi connectivity index (χ2n) is 2.90. The average molecular weight is 242 g/mol. The lowest BCUT2D eigenvalue weighted by Gasteiger charge is -2.03. The zero-order chi connectivity index (χ0) is 9.84. The predicted molar refractivity (Wildman–Crippen MR) is 57.8 cm³/mol. The molecule has 0 aromatic heterocycles. The van der Waals surface area contributed by atoms with Crippen molar-refractivity contribution in [3.63, 3.8) is 0 Å². The molecule has 0 radical (unpaired) electrons. The summed E-state index contributed by atoms with van der Waals surface area (Å²) in [6, 6.07) is 5.35. The number of halogens is 1. The van der Waals surface area contributed by atoms with Crippen molar-refractivity contribution in [3.05, 3.63) is 28.2 Å². The second-order valence-corrected chi connectivity index (χ2v) is 3.82. The van der Waals surface area contributed by atoms with Gasteiger partial charge in [-0.15, -0.1) is 0 Å². The number of carbonyl (C=O) groups is 1. The maximum Gasteiger partial charge on any atom is 0.164 e. The number of hydrogen-bond donors (Lipinski definition) is 1. The van der Waals surface area contributed by atoms with Crippen LogP contribution in [0.25, 0.3) is 0 Å². The van der Waals surface area contributed by atoms with Gasteiger partial charge in [-0.25, -0.2) is 0 Å². The van der Waals surface area contributed by atoms with Gasteiger partial charge < -0.3 is 5.73 Å². The first-order valence-corrected chi connectivity index (χ1v) is 5.02. The van der Waals surface area contributed by atoms with Crippen LogP contribution in [0.5, 0.6) is 0 Å². The van der Waals surface area contributed by atoms with E-state index in [-0.39, 0.29) is 5.78 Å². The lowest BCUT2D eigenvalue weighted by Crippen LogP contribution is -2.02. The topological polar surface area (TPSA) is 43.1 Å². The molecule has 0 unspecified atom stereocenters. The van der Waals surface area contributed by atoms with Gasteiger partial charge in [-0.2, -0.15) is 0 Å². The molecule has 0 spiro atoms. The van der Waals surface area contributed by atoms with Crippen molar-refractivity contribution in [2.45, 2.75) is 19.8 Å². The highest BCUT2D eigenvalue weighted by Gasteiger charge is 2.07. The standard InChI is InChI=1S/C10H12BrNO/c1-2-3-10(13)8-5-4-7(11)6-9(8)12/h4-6H,2-3,12H2,1H3. The van der Waals surface area contributed by atoms with Crippen molar-refractivity contribution in [1.29, 1.82) is 0 Å². The highest BCUT2D eigenvalue weighted by molar-refractivity contribution is 9.10. The molecule has 0 aliphatic carbocycles. The van der Waals surface area contributed by atoms with Crippen molar-refractivity contribution in [1.82, 2.24) is 0 Å². The van der Waals surface area contributed by atoms with Crippen LogP contribution in [0.3, 0.4) is 0 Å². The fourth-order valence-corrected chi connectivity index (χ4v) is 1.53. The van der Waals surface area contributed by atoms with Gasteiger partial charge in [0.1, 0.15) is 0 Å². The minimum Gasteiger partial charge on any atom is -0.398 e. The Bertz CT molecular complexity index is 323. The molecule has 0 atom stereocenters. The molecular formula is C10H12BrNO. The van der Waals surface area contributed by atoms with Crippen LogP contribution < -0.4 is 5.73 Å². The summed E-state index contributed by atoms with van der Waals surface area (Å²) in [6.07, 6.45) is 1.42. The van der Waals surface area contributed by atoms with E-state index in [1.54, 1.807) is 12.1 Å². The van der Waals surface area contributed by atoms with Gasteiger partial charge in [-0.1, -0.05) is 22.9 Å². The summed E-state index contributed by atoms with van der Waals surface area (Å²) in [6.45, 7) is 1.98. The van der Waals surface area contributed by atoms with Crippen LogP contribution in [0.2, 0.25) is 0 Å². The van der Waals surface area contributed by atoms with Gasteiger partial charge in [0, 0.05) is 22.1 Å². The van der Waals surface area contributed by atoms with E-state index in [4.69, 9.17) is 5.73 Å². The summed E-state index contributed by atoms with van der Waals surface area (Å²) in [5.41, 5.74) is 6.88. The number of Topliss-reactive ketones (excluding diaryl/α,β-unsaturated/α-hetero) is 1. The van der Waals surface area contributed by atoms with E-state index < -0.39 is 0 Å². The molecule has 0 fully saturated rings. The highest BCUT2D eigenvalue weighted by Crippen LogP contribution is 2.20. The zero-order valence-electron chi connectivity index (χ0n) is 7.51. The number of hydrogen-bond acceptors (Lipinski definition) is 2. The molecule has 70 valence electrons. The van der Waals surface area contributed by atoms with Crippen LogP contribution in [0.15, 0.2) is 22.7 Å². The van der Waals surface area contributed by atoms with Gasteiger partial charge in [-0.05, 0) is 24.6 Å². The number of anilines is 1. The van der Waals surface area contributed by atoms with E-state index in [0.29, 0.717) is 17.7 Å². The summed E-state index contributed by atoms with van der Waals surface area (Å²) in [7, 11) is 0. The summed E-state index contributed by atoms with van der Waals surface area (Å²) in [4.78, 5) is 11.5. The van der Waals surface area contributed by atoms with Crippen LogP contribution in [-0.2, 0) is 0 Å². The van der Waals surface area contributed by atoms with Gasteiger partial charge in [-0.3, -0.25) is 4.79 Å². The zero-order valence-corrected chi connectivity index (χ0v) is 9.10. The van der Waals surface area contributed by atoms with E-state index >= 15 is 0 Å². The number of ketones is 1. The molecule has 1 aromatic carbocycles. The molecule has 0 heterocycles. The first-order chi connectivity index (χ1) is 6.15. The van der Waals surface area contributed by atoms with Gasteiger partial charge in [0.25, 0.3) is 0 Å².